The topological polar surface area (TPSA) is 59.4 Å². The molecule has 6 nitrogen and oxygen atoms in total. The maximum Gasteiger partial charge on any atom is 0.227 e. The molecule has 122 valence electrons. The van der Waals surface area contributed by atoms with Gasteiger partial charge >= 0.3 is 0 Å². The van der Waals surface area contributed by atoms with Crippen LogP contribution in [-0.4, -0.2) is 60.5 Å². The Bertz CT molecular complexity index is 512. The lowest BCUT2D eigenvalue weighted by atomic mass is 9.90. The van der Waals surface area contributed by atoms with Crippen molar-refractivity contribution < 1.29 is 9.53 Å². The van der Waals surface area contributed by atoms with Gasteiger partial charge in [-0.2, -0.15) is 5.10 Å². The lowest BCUT2D eigenvalue weighted by Gasteiger charge is -2.24. The van der Waals surface area contributed by atoms with E-state index in [0.29, 0.717) is 13.2 Å². The van der Waals surface area contributed by atoms with Crippen LogP contribution in [0.5, 0.6) is 0 Å². The molecule has 2 atom stereocenters. The number of carbonyl (C=O) groups excluding carboxylic acids is 1. The summed E-state index contributed by atoms with van der Waals surface area (Å²) in [6, 6.07) is 0. The molecular weight excluding hydrogens is 280 g/mol. The van der Waals surface area contributed by atoms with Gasteiger partial charge < -0.3 is 15.0 Å². The molecule has 1 aliphatic heterocycles. The molecule has 1 aliphatic carbocycles. The molecule has 1 aromatic heterocycles. The molecular formula is C16H26N4O2. The van der Waals surface area contributed by atoms with Gasteiger partial charge in [-0.25, -0.2) is 0 Å². The van der Waals surface area contributed by atoms with Gasteiger partial charge in [-0.15, -0.1) is 0 Å². The molecule has 1 saturated carbocycles. The first-order valence-electron chi connectivity index (χ1n) is 8.17. The maximum absolute atomic E-state index is 12.7. The molecule has 1 aromatic rings. The van der Waals surface area contributed by atoms with E-state index in [1.807, 2.05) is 31.4 Å². The van der Waals surface area contributed by atoms with E-state index in [-0.39, 0.29) is 17.7 Å². The van der Waals surface area contributed by atoms with Gasteiger partial charge in [0.25, 0.3) is 0 Å². The standard InChI is InChI=1S/C16H26N4O2/c1-19(5-6-22-11-12-3-4-12)16(21)15-9-17-8-14(15)13-7-18-20(2)10-13/h7,10,12,14-15,17H,3-6,8-9,11H2,1-2H3/t14-,15+/m1/s1. The molecule has 1 saturated heterocycles. The molecule has 2 aliphatic rings. The van der Waals surface area contributed by atoms with Crippen molar-refractivity contribution in [2.75, 3.05) is 39.9 Å². The van der Waals surface area contributed by atoms with Crippen LogP contribution in [0.2, 0.25) is 0 Å². The van der Waals surface area contributed by atoms with E-state index in [4.69, 9.17) is 4.74 Å². The number of rotatable bonds is 7. The molecule has 0 aromatic carbocycles. The van der Waals surface area contributed by atoms with Crippen LogP contribution >= 0.6 is 0 Å². The van der Waals surface area contributed by atoms with Gasteiger partial charge in [0.1, 0.15) is 0 Å². The first-order chi connectivity index (χ1) is 10.6. The summed E-state index contributed by atoms with van der Waals surface area (Å²) in [6.45, 7) is 3.74. The average Bonchev–Trinajstić information content (AvgIpc) is 3.02. The van der Waals surface area contributed by atoms with Crippen LogP contribution in [-0.2, 0) is 16.6 Å². The summed E-state index contributed by atoms with van der Waals surface area (Å²) >= 11 is 0. The zero-order valence-electron chi connectivity index (χ0n) is 13.5. The second kappa shape index (κ2) is 6.79. The van der Waals surface area contributed by atoms with Crippen molar-refractivity contribution in [3.8, 4) is 0 Å². The number of nitrogens with one attached hydrogen (secondary N) is 1. The Kier molecular flexibility index (Phi) is 4.78. The average molecular weight is 306 g/mol. The van der Waals surface area contributed by atoms with Crippen molar-refractivity contribution in [1.29, 1.82) is 0 Å². The number of likely N-dealkylation sites (N-methyl/N-ethyl adjacent to an activating group) is 1. The molecule has 0 spiro atoms. The molecule has 0 radical (unpaired) electrons. The molecule has 0 unspecified atom stereocenters. The lowest BCUT2D eigenvalue weighted by Crippen LogP contribution is -2.38. The van der Waals surface area contributed by atoms with Crippen LogP contribution in [0.15, 0.2) is 12.4 Å². The Morgan fingerprint density at radius 3 is 3.00 bits per heavy atom. The number of hydrogen-bond donors (Lipinski definition) is 1. The Balaban J connectivity index is 1.50. The predicted molar refractivity (Wildman–Crippen MR) is 83.5 cm³/mol. The fraction of sp³-hybridized carbons (Fsp3) is 0.750. The van der Waals surface area contributed by atoms with Crippen molar-refractivity contribution >= 4 is 5.91 Å². The van der Waals surface area contributed by atoms with Gasteiger partial charge in [0.15, 0.2) is 0 Å². The number of aryl methyl sites for hydroxylation is 1. The number of amides is 1. The fourth-order valence-electron chi connectivity index (χ4n) is 3.05. The lowest BCUT2D eigenvalue weighted by molar-refractivity contribution is -0.134. The molecule has 1 N–H and O–H groups in total. The highest BCUT2D eigenvalue weighted by Crippen LogP contribution is 2.29. The largest absolute Gasteiger partial charge is 0.379 e. The SMILES string of the molecule is CN(CCOCC1CC1)C(=O)[C@H]1CNC[C@@H]1c1cnn(C)c1. The van der Waals surface area contributed by atoms with Crippen LogP contribution in [0.3, 0.4) is 0 Å². The second-order valence-electron chi connectivity index (χ2n) is 6.60. The van der Waals surface area contributed by atoms with E-state index in [9.17, 15) is 4.79 Å². The van der Waals surface area contributed by atoms with Gasteiger partial charge in [0, 0.05) is 52.5 Å². The van der Waals surface area contributed by atoms with E-state index >= 15 is 0 Å². The number of aromatic nitrogens is 2. The summed E-state index contributed by atoms with van der Waals surface area (Å²) in [5.74, 6) is 1.19. The fourth-order valence-corrected chi connectivity index (χ4v) is 3.05. The van der Waals surface area contributed by atoms with Crippen molar-refractivity contribution in [2.45, 2.75) is 18.8 Å². The summed E-state index contributed by atoms with van der Waals surface area (Å²) in [6.07, 6.45) is 6.48. The summed E-state index contributed by atoms with van der Waals surface area (Å²) < 4.78 is 7.43. The van der Waals surface area contributed by atoms with E-state index < -0.39 is 0 Å². The molecule has 1 amide bonds. The molecule has 0 bridgehead atoms. The monoisotopic (exact) mass is 306 g/mol. The minimum atomic E-state index is -0.00219. The highest BCUT2D eigenvalue weighted by molar-refractivity contribution is 5.80. The Labute approximate surface area is 131 Å². The van der Waals surface area contributed by atoms with Crippen molar-refractivity contribution in [3.63, 3.8) is 0 Å². The van der Waals surface area contributed by atoms with Crippen LogP contribution < -0.4 is 5.32 Å². The first-order valence-corrected chi connectivity index (χ1v) is 8.17. The summed E-state index contributed by atoms with van der Waals surface area (Å²) in [5.41, 5.74) is 1.14. The van der Waals surface area contributed by atoms with E-state index in [1.165, 1.54) is 12.8 Å². The second-order valence-corrected chi connectivity index (χ2v) is 6.60. The first kappa shape index (κ1) is 15.5. The van der Waals surface area contributed by atoms with Gasteiger partial charge in [0.05, 0.1) is 18.7 Å². The zero-order chi connectivity index (χ0) is 15.5. The van der Waals surface area contributed by atoms with Crippen molar-refractivity contribution in [2.24, 2.45) is 18.9 Å². The van der Waals surface area contributed by atoms with Crippen LogP contribution in [0, 0.1) is 11.8 Å². The normalized spacial score (nSPS) is 24.6. The van der Waals surface area contributed by atoms with Crippen LogP contribution in [0.1, 0.15) is 24.3 Å². The molecule has 6 heteroatoms. The Morgan fingerprint density at radius 1 is 1.50 bits per heavy atom. The van der Waals surface area contributed by atoms with Crippen molar-refractivity contribution in [3.05, 3.63) is 18.0 Å². The molecule has 2 fully saturated rings. The highest BCUT2D eigenvalue weighted by Gasteiger charge is 2.36. The zero-order valence-corrected chi connectivity index (χ0v) is 13.5. The smallest absolute Gasteiger partial charge is 0.227 e. The third-order valence-corrected chi connectivity index (χ3v) is 4.68. The third-order valence-electron chi connectivity index (χ3n) is 4.68. The molecule has 2 heterocycles. The van der Waals surface area contributed by atoms with E-state index in [2.05, 4.69) is 10.4 Å². The third kappa shape index (κ3) is 3.67. The quantitative estimate of drug-likeness (QED) is 0.750. The van der Waals surface area contributed by atoms with Crippen molar-refractivity contribution in [1.82, 2.24) is 20.0 Å². The predicted octanol–water partition coefficient (Wildman–Crippen LogP) is 0.608. The Hall–Kier alpha value is -1.40. The summed E-state index contributed by atoms with van der Waals surface area (Å²) in [4.78, 5) is 14.5. The van der Waals surface area contributed by atoms with Gasteiger partial charge in [-0.05, 0) is 24.3 Å². The maximum atomic E-state index is 12.7. The molecule has 22 heavy (non-hydrogen) atoms. The number of carbonyl (C=O) groups is 1. The van der Waals surface area contributed by atoms with E-state index in [0.717, 1.165) is 31.2 Å². The molecule has 3 rings (SSSR count). The minimum Gasteiger partial charge on any atom is -0.379 e. The summed E-state index contributed by atoms with van der Waals surface area (Å²) in [7, 11) is 3.79. The minimum absolute atomic E-state index is 0.00219. The number of nitrogens with zero attached hydrogens (tertiary/aromatic N) is 3. The Morgan fingerprint density at radius 2 is 2.32 bits per heavy atom. The van der Waals surface area contributed by atoms with E-state index in [1.54, 1.807) is 4.68 Å². The van der Waals surface area contributed by atoms with Gasteiger partial charge in [-0.1, -0.05) is 0 Å². The van der Waals surface area contributed by atoms with Crippen LogP contribution in [0.4, 0.5) is 0 Å². The highest BCUT2D eigenvalue weighted by atomic mass is 16.5. The number of hydrogen-bond acceptors (Lipinski definition) is 4. The van der Waals surface area contributed by atoms with Gasteiger partial charge in [0.2, 0.25) is 5.91 Å². The summed E-state index contributed by atoms with van der Waals surface area (Å²) in [5, 5.41) is 7.57. The van der Waals surface area contributed by atoms with Gasteiger partial charge in [-0.3, -0.25) is 9.48 Å². The van der Waals surface area contributed by atoms with Crippen LogP contribution in [0.25, 0.3) is 0 Å². The number of ether oxygens (including phenoxy) is 1.